The van der Waals surface area contributed by atoms with Crippen LogP contribution in [0.4, 0.5) is 0 Å². The van der Waals surface area contributed by atoms with Crippen molar-refractivity contribution in [3.05, 3.63) is 0 Å². The minimum Gasteiger partial charge on any atom is -0.314 e. The Morgan fingerprint density at radius 3 is 1.21 bits per heavy atom. The third kappa shape index (κ3) is 17.8. The molecule has 1 fully saturated rings. The predicted molar refractivity (Wildman–Crippen MR) is 60.6 cm³/mol. The lowest BCUT2D eigenvalue weighted by Crippen LogP contribution is -2.39. The molecule has 0 radical (unpaired) electrons. The van der Waals surface area contributed by atoms with Crippen molar-refractivity contribution in [2.45, 2.75) is 40.2 Å². The van der Waals surface area contributed by atoms with Gasteiger partial charge in [-0.2, -0.15) is 0 Å². The molecule has 0 unspecified atom stereocenters. The van der Waals surface area contributed by atoms with Gasteiger partial charge in [0.1, 0.15) is 0 Å². The monoisotopic (exact) mass is 206 g/mol. The zero-order valence-electron chi connectivity index (χ0n) is 10.2. The molecule has 0 spiro atoms. The Balaban J connectivity index is 0. The van der Waals surface area contributed by atoms with Crippen molar-refractivity contribution in [3.8, 4) is 0 Å². The van der Waals surface area contributed by atoms with E-state index >= 15 is 0 Å². The van der Waals surface area contributed by atoms with Crippen LogP contribution in [0.2, 0.25) is 0 Å². The highest BCUT2D eigenvalue weighted by molar-refractivity contribution is 4.59. The van der Waals surface area contributed by atoms with E-state index in [0.29, 0.717) is 0 Å². The fourth-order valence-electron chi connectivity index (χ4n) is 0.604. The zero-order valence-corrected chi connectivity index (χ0v) is 10.2. The molecule has 1 rings (SSSR count). The van der Waals surface area contributed by atoms with E-state index in [9.17, 15) is 0 Å². The quantitative estimate of drug-likeness (QED) is 0.415. The number of nitrogens with one attached hydrogen (secondary N) is 2. The van der Waals surface area contributed by atoms with Crippen molar-refractivity contribution in [3.63, 3.8) is 0 Å². The van der Waals surface area contributed by atoms with E-state index in [4.69, 9.17) is 5.26 Å². The van der Waals surface area contributed by atoms with Gasteiger partial charge in [0.05, 0.1) is 5.60 Å². The maximum Gasteiger partial charge on any atom is 0.0949 e. The summed E-state index contributed by atoms with van der Waals surface area (Å²) in [5.74, 6) is 0. The van der Waals surface area contributed by atoms with Crippen molar-refractivity contribution in [2.75, 3.05) is 26.2 Å². The first-order valence-electron chi connectivity index (χ1n) is 5.30. The Morgan fingerprint density at radius 1 is 0.929 bits per heavy atom. The van der Waals surface area contributed by atoms with Crippen LogP contribution < -0.4 is 10.6 Å². The summed E-state index contributed by atoms with van der Waals surface area (Å²) in [5, 5.41) is 14.3. The number of piperazine rings is 1. The van der Waals surface area contributed by atoms with Gasteiger partial charge in [0.25, 0.3) is 0 Å². The summed E-state index contributed by atoms with van der Waals surface area (Å²) in [4.78, 5) is 3.94. The standard InChI is InChI=1S/C4H10N2.C4H10O2.C2H6/c1-2-6-4-3-5-1;1-4(2,3)6-5;1-2/h5-6H,1-4H2;5H,1-3H3;1-2H3. The molecule has 3 N–H and O–H groups in total. The van der Waals surface area contributed by atoms with Crippen LogP contribution in [-0.4, -0.2) is 37.0 Å². The summed E-state index contributed by atoms with van der Waals surface area (Å²) in [6.45, 7) is 13.9. The average molecular weight is 206 g/mol. The SMILES string of the molecule is C1CNCCN1.CC.CC(C)(C)OO. The van der Waals surface area contributed by atoms with Gasteiger partial charge in [-0.05, 0) is 20.8 Å². The van der Waals surface area contributed by atoms with E-state index < -0.39 is 5.60 Å². The first-order valence-corrected chi connectivity index (χ1v) is 5.30. The molecule has 0 aromatic heterocycles. The second-order valence-corrected chi connectivity index (χ2v) is 3.70. The molecule has 1 heterocycles. The molecule has 0 bridgehead atoms. The molecule has 0 aliphatic carbocycles. The Morgan fingerprint density at radius 2 is 1.14 bits per heavy atom. The number of hydrogen-bond donors (Lipinski definition) is 3. The van der Waals surface area contributed by atoms with Crippen LogP contribution >= 0.6 is 0 Å². The van der Waals surface area contributed by atoms with E-state index in [1.54, 1.807) is 20.8 Å². The fraction of sp³-hybridized carbons (Fsp3) is 1.00. The molecule has 0 aromatic rings. The number of hydrogen-bond acceptors (Lipinski definition) is 4. The lowest BCUT2D eigenvalue weighted by atomic mass is 10.2. The van der Waals surface area contributed by atoms with Gasteiger partial charge in [-0.3, -0.25) is 5.26 Å². The van der Waals surface area contributed by atoms with E-state index in [-0.39, 0.29) is 0 Å². The van der Waals surface area contributed by atoms with Gasteiger partial charge in [-0.25, -0.2) is 4.89 Å². The average Bonchev–Trinajstić information content (AvgIpc) is 2.23. The second-order valence-electron chi connectivity index (χ2n) is 3.70. The third-order valence-corrected chi connectivity index (χ3v) is 1.23. The Bertz CT molecular complexity index is 87.3. The van der Waals surface area contributed by atoms with Crippen LogP contribution in [-0.2, 0) is 4.89 Å². The van der Waals surface area contributed by atoms with Crippen LogP contribution in [0.5, 0.6) is 0 Å². The van der Waals surface area contributed by atoms with Crippen molar-refractivity contribution in [2.24, 2.45) is 0 Å². The molecule has 0 aromatic carbocycles. The lowest BCUT2D eigenvalue weighted by Gasteiger charge is -2.11. The summed E-state index contributed by atoms with van der Waals surface area (Å²) in [6.07, 6.45) is 0. The van der Waals surface area contributed by atoms with Gasteiger partial charge in [0.15, 0.2) is 0 Å². The van der Waals surface area contributed by atoms with Crippen LogP contribution in [0.3, 0.4) is 0 Å². The molecule has 14 heavy (non-hydrogen) atoms. The van der Waals surface area contributed by atoms with Gasteiger partial charge in [-0.1, -0.05) is 13.8 Å². The molecule has 1 saturated heterocycles. The molecule has 4 nitrogen and oxygen atoms in total. The van der Waals surface area contributed by atoms with Crippen LogP contribution in [0.15, 0.2) is 0 Å². The van der Waals surface area contributed by atoms with E-state index in [1.807, 2.05) is 13.8 Å². The molecule has 0 saturated carbocycles. The first-order chi connectivity index (χ1) is 6.56. The highest BCUT2D eigenvalue weighted by atomic mass is 17.1. The van der Waals surface area contributed by atoms with Crippen molar-refractivity contribution >= 4 is 0 Å². The Kier molecular flexibility index (Phi) is 12.7. The van der Waals surface area contributed by atoms with Crippen LogP contribution in [0.1, 0.15) is 34.6 Å². The van der Waals surface area contributed by atoms with Crippen LogP contribution in [0.25, 0.3) is 0 Å². The summed E-state index contributed by atoms with van der Waals surface area (Å²) in [6, 6.07) is 0. The highest BCUT2D eigenvalue weighted by Crippen LogP contribution is 2.01. The van der Waals surface area contributed by atoms with E-state index in [0.717, 1.165) is 26.2 Å². The van der Waals surface area contributed by atoms with Crippen LogP contribution in [0, 0.1) is 0 Å². The zero-order chi connectivity index (χ0) is 11.4. The van der Waals surface area contributed by atoms with Crippen molar-refractivity contribution in [1.29, 1.82) is 0 Å². The minimum absolute atomic E-state index is 0.403. The molecule has 1 aliphatic heterocycles. The minimum atomic E-state index is -0.403. The van der Waals surface area contributed by atoms with Gasteiger partial charge < -0.3 is 10.6 Å². The molecule has 0 amide bonds. The smallest absolute Gasteiger partial charge is 0.0949 e. The van der Waals surface area contributed by atoms with Gasteiger partial charge in [0, 0.05) is 26.2 Å². The lowest BCUT2D eigenvalue weighted by molar-refractivity contribution is -0.306. The second kappa shape index (κ2) is 10.9. The molecule has 4 heteroatoms. The van der Waals surface area contributed by atoms with E-state index in [2.05, 4.69) is 15.5 Å². The summed E-state index contributed by atoms with van der Waals surface area (Å²) < 4.78 is 0. The summed E-state index contributed by atoms with van der Waals surface area (Å²) in [5.41, 5.74) is -0.403. The molecular weight excluding hydrogens is 180 g/mol. The van der Waals surface area contributed by atoms with E-state index in [1.165, 1.54) is 0 Å². The normalized spacial score (nSPS) is 15.9. The Hall–Kier alpha value is -0.160. The molecule has 88 valence electrons. The van der Waals surface area contributed by atoms with Crippen molar-refractivity contribution < 1.29 is 10.1 Å². The third-order valence-electron chi connectivity index (χ3n) is 1.23. The molecule has 0 atom stereocenters. The topological polar surface area (TPSA) is 53.5 Å². The van der Waals surface area contributed by atoms with Gasteiger partial charge in [0.2, 0.25) is 0 Å². The predicted octanol–water partition coefficient (Wildman–Crippen LogP) is 1.48. The first kappa shape index (κ1) is 16.3. The Labute approximate surface area is 88.0 Å². The van der Waals surface area contributed by atoms with Gasteiger partial charge in [-0.15, -0.1) is 0 Å². The summed E-state index contributed by atoms with van der Waals surface area (Å²) >= 11 is 0. The molecular formula is C10H26N2O2. The largest absolute Gasteiger partial charge is 0.314 e. The number of rotatable bonds is 0. The fourth-order valence-corrected chi connectivity index (χ4v) is 0.604. The maximum atomic E-state index is 7.90. The van der Waals surface area contributed by atoms with Crippen molar-refractivity contribution in [1.82, 2.24) is 10.6 Å². The summed E-state index contributed by atoms with van der Waals surface area (Å²) in [7, 11) is 0. The van der Waals surface area contributed by atoms with Gasteiger partial charge >= 0.3 is 0 Å². The maximum absolute atomic E-state index is 7.90. The molecule has 1 aliphatic rings. The highest BCUT2D eigenvalue weighted by Gasteiger charge is 2.06.